The Morgan fingerprint density at radius 2 is 1.71 bits per heavy atom. The van der Waals surface area contributed by atoms with Crippen molar-refractivity contribution < 1.29 is 17.6 Å². The lowest BCUT2D eigenvalue weighted by Crippen LogP contribution is -2.48. The second-order valence-corrected chi connectivity index (χ2v) is 11.9. The van der Waals surface area contributed by atoms with Crippen LogP contribution in [0.5, 0.6) is 0 Å². The van der Waals surface area contributed by atoms with Gasteiger partial charge >= 0.3 is 0 Å². The normalized spacial score (nSPS) is 14.5. The smallest absolute Gasteiger partial charge is 0.261 e. The average Bonchev–Trinajstić information content (AvgIpc) is 3.33. The van der Waals surface area contributed by atoms with Crippen molar-refractivity contribution in [1.82, 2.24) is 15.2 Å². The fraction of sp³-hybridized carbons (Fsp3) is 0.259. The van der Waals surface area contributed by atoms with E-state index in [9.17, 15) is 17.6 Å². The van der Waals surface area contributed by atoms with Gasteiger partial charge in [0, 0.05) is 50.5 Å². The van der Waals surface area contributed by atoms with E-state index in [4.69, 9.17) is 4.98 Å². The number of nitrogens with zero attached hydrogens (tertiary/aromatic N) is 3. The molecule has 1 aliphatic rings. The molecule has 3 aromatic carbocycles. The molecule has 4 aromatic rings. The van der Waals surface area contributed by atoms with Crippen LogP contribution in [0.4, 0.5) is 15.2 Å². The zero-order chi connectivity index (χ0) is 26.7. The summed E-state index contributed by atoms with van der Waals surface area (Å²) < 4.78 is 41.6. The van der Waals surface area contributed by atoms with Crippen molar-refractivity contribution in [2.75, 3.05) is 48.9 Å². The highest BCUT2D eigenvalue weighted by Crippen LogP contribution is 2.30. The number of thiazole rings is 1. The van der Waals surface area contributed by atoms with Gasteiger partial charge < -0.3 is 10.2 Å². The molecular weight excluding hydrogens is 525 g/mol. The Kier molecular flexibility index (Phi) is 7.59. The lowest BCUT2D eigenvalue weighted by molar-refractivity contribution is 0.0948. The fourth-order valence-corrected chi connectivity index (χ4v) is 6.44. The van der Waals surface area contributed by atoms with Crippen molar-refractivity contribution in [3.8, 4) is 0 Å². The molecule has 5 rings (SSSR count). The lowest BCUT2D eigenvalue weighted by Gasteiger charge is -2.34. The molecule has 1 saturated heterocycles. The minimum absolute atomic E-state index is 0.0447. The molecule has 2 heterocycles. The number of hydrogen-bond acceptors (Lipinski definition) is 7. The van der Waals surface area contributed by atoms with Gasteiger partial charge in [-0.15, -0.1) is 0 Å². The monoisotopic (exact) mass is 553 g/mol. The van der Waals surface area contributed by atoms with Crippen molar-refractivity contribution >= 4 is 48.3 Å². The van der Waals surface area contributed by atoms with Crippen molar-refractivity contribution in [3.63, 3.8) is 0 Å². The zero-order valence-corrected chi connectivity index (χ0v) is 22.5. The molecule has 8 nitrogen and oxygen atoms in total. The van der Waals surface area contributed by atoms with E-state index >= 15 is 0 Å². The first-order valence-corrected chi connectivity index (χ1v) is 14.6. The molecule has 0 unspecified atom stereocenters. The number of aryl methyl sites for hydroxylation is 1. The van der Waals surface area contributed by atoms with Crippen molar-refractivity contribution in [2.45, 2.75) is 11.8 Å². The van der Waals surface area contributed by atoms with Gasteiger partial charge in [0.1, 0.15) is 5.82 Å². The van der Waals surface area contributed by atoms with Gasteiger partial charge in [-0.05, 0) is 73.2 Å². The van der Waals surface area contributed by atoms with Gasteiger partial charge in [-0.3, -0.25) is 14.4 Å². The molecule has 0 saturated carbocycles. The number of rotatable bonds is 8. The van der Waals surface area contributed by atoms with E-state index in [1.54, 1.807) is 23.5 Å². The molecule has 0 aliphatic carbocycles. The number of aromatic nitrogens is 1. The Hall–Kier alpha value is -3.54. The number of sulfonamides is 1. The third kappa shape index (κ3) is 6.12. The van der Waals surface area contributed by atoms with E-state index in [1.807, 2.05) is 0 Å². The summed E-state index contributed by atoms with van der Waals surface area (Å²) in [5, 5.41) is 3.99. The second-order valence-electron chi connectivity index (χ2n) is 9.19. The summed E-state index contributed by atoms with van der Waals surface area (Å²) >= 11 is 1.73. The standard InChI is InChI=1S/C27H28FN5O3S2/c1-19-2-11-24-25(18-19)37-27(30-24)33-16-14-32(15-17-33)13-12-29-26(34)20-3-7-22(8-4-20)31-38(35,36)23-9-5-21(28)6-10-23/h2-11,18,31H,12-17H2,1H3,(H,29,34). The largest absolute Gasteiger partial charge is 0.351 e. The summed E-state index contributed by atoms with van der Waals surface area (Å²) in [6.45, 7) is 6.92. The Bertz CT molecular complexity index is 1530. The Morgan fingerprint density at radius 1 is 1.00 bits per heavy atom. The van der Waals surface area contributed by atoms with Crippen LogP contribution in [0.1, 0.15) is 15.9 Å². The summed E-state index contributed by atoms with van der Waals surface area (Å²) in [5.41, 5.74) is 3.03. The number of carbonyl (C=O) groups excluding carboxylic acids is 1. The van der Waals surface area contributed by atoms with Crippen LogP contribution in [0.25, 0.3) is 10.2 Å². The van der Waals surface area contributed by atoms with Crippen LogP contribution in [0, 0.1) is 12.7 Å². The number of nitrogens with one attached hydrogen (secondary N) is 2. The highest BCUT2D eigenvalue weighted by Gasteiger charge is 2.20. The molecule has 1 aliphatic heterocycles. The first-order chi connectivity index (χ1) is 18.3. The van der Waals surface area contributed by atoms with Crippen LogP contribution in [0.15, 0.2) is 71.6 Å². The summed E-state index contributed by atoms with van der Waals surface area (Å²) in [5.74, 6) is -0.734. The molecule has 1 amide bonds. The molecule has 11 heteroatoms. The first-order valence-electron chi connectivity index (χ1n) is 12.3. The molecule has 2 N–H and O–H groups in total. The highest BCUT2D eigenvalue weighted by molar-refractivity contribution is 7.92. The third-order valence-electron chi connectivity index (χ3n) is 6.41. The maximum atomic E-state index is 13.1. The van der Waals surface area contributed by atoms with E-state index in [0.717, 1.165) is 55.5 Å². The first kappa shape index (κ1) is 26.1. The SMILES string of the molecule is Cc1ccc2nc(N3CCN(CCNC(=O)c4ccc(NS(=O)(=O)c5ccc(F)cc5)cc4)CC3)sc2c1. The van der Waals surface area contributed by atoms with E-state index < -0.39 is 15.8 Å². The number of carbonyl (C=O) groups is 1. The molecule has 1 aromatic heterocycles. The van der Waals surface area contributed by atoms with E-state index in [0.29, 0.717) is 17.8 Å². The Balaban J connectivity index is 1.07. The molecule has 1 fully saturated rings. The van der Waals surface area contributed by atoms with Gasteiger partial charge in [0.25, 0.3) is 15.9 Å². The molecular formula is C27H28FN5O3S2. The molecule has 0 radical (unpaired) electrons. The topological polar surface area (TPSA) is 94.6 Å². The highest BCUT2D eigenvalue weighted by atomic mass is 32.2. The van der Waals surface area contributed by atoms with Gasteiger partial charge in [-0.2, -0.15) is 0 Å². The minimum Gasteiger partial charge on any atom is -0.351 e. The van der Waals surface area contributed by atoms with E-state index in [2.05, 4.69) is 45.0 Å². The van der Waals surface area contributed by atoms with Gasteiger partial charge in [-0.1, -0.05) is 17.4 Å². The second kappa shape index (κ2) is 11.1. The summed E-state index contributed by atoms with van der Waals surface area (Å²) in [7, 11) is -3.85. The minimum atomic E-state index is -3.85. The maximum absolute atomic E-state index is 13.1. The predicted octanol–water partition coefficient (Wildman–Crippen LogP) is 4.10. The molecule has 198 valence electrons. The number of halogens is 1. The molecule has 0 bridgehead atoms. The number of anilines is 2. The zero-order valence-electron chi connectivity index (χ0n) is 20.9. The van der Waals surface area contributed by atoms with Crippen LogP contribution in [0.3, 0.4) is 0 Å². The van der Waals surface area contributed by atoms with Crippen LogP contribution in [-0.2, 0) is 10.0 Å². The van der Waals surface area contributed by atoms with Crippen LogP contribution in [0.2, 0.25) is 0 Å². The Labute approximate surface area is 225 Å². The fourth-order valence-electron chi connectivity index (χ4n) is 4.26. The quantitative estimate of drug-likeness (QED) is 0.341. The van der Waals surface area contributed by atoms with Gasteiger partial charge in [0.05, 0.1) is 15.1 Å². The average molecular weight is 554 g/mol. The third-order valence-corrected chi connectivity index (χ3v) is 8.89. The molecule has 0 spiro atoms. The van der Waals surface area contributed by atoms with Gasteiger partial charge in [0.2, 0.25) is 0 Å². The van der Waals surface area contributed by atoms with E-state index in [1.165, 1.54) is 34.5 Å². The van der Waals surface area contributed by atoms with Crippen LogP contribution < -0.4 is 14.9 Å². The van der Waals surface area contributed by atoms with E-state index in [-0.39, 0.29) is 10.8 Å². The Morgan fingerprint density at radius 3 is 2.42 bits per heavy atom. The van der Waals surface area contributed by atoms with Crippen molar-refractivity contribution in [2.24, 2.45) is 0 Å². The number of fused-ring (bicyclic) bond motifs is 1. The van der Waals surface area contributed by atoms with Crippen LogP contribution >= 0.6 is 11.3 Å². The lowest BCUT2D eigenvalue weighted by atomic mass is 10.2. The summed E-state index contributed by atoms with van der Waals surface area (Å²) in [4.78, 5) is 21.9. The van der Waals surface area contributed by atoms with Crippen molar-refractivity contribution in [1.29, 1.82) is 0 Å². The number of amides is 1. The number of hydrogen-bond donors (Lipinski definition) is 2. The van der Waals surface area contributed by atoms with Gasteiger partial charge in [-0.25, -0.2) is 17.8 Å². The van der Waals surface area contributed by atoms with Gasteiger partial charge in [0.15, 0.2) is 5.13 Å². The summed E-state index contributed by atoms with van der Waals surface area (Å²) in [6, 6.07) is 17.1. The van der Waals surface area contributed by atoms with Crippen molar-refractivity contribution in [3.05, 3.63) is 83.7 Å². The molecule has 38 heavy (non-hydrogen) atoms. The molecule has 0 atom stereocenters. The summed E-state index contributed by atoms with van der Waals surface area (Å²) in [6.07, 6.45) is 0. The number of piperazine rings is 1. The number of benzene rings is 3. The maximum Gasteiger partial charge on any atom is 0.261 e. The van der Waals surface area contributed by atoms with Crippen LogP contribution in [-0.4, -0.2) is 63.5 Å². The predicted molar refractivity (Wildman–Crippen MR) is 149 cm³/mol.